The molecule has 2 heteroatoms. The summed E-state index contributed by atoms with van der Waals surface area (Å²) < 4.78 is 6.18. The summed E-state index contributed by atoms with van der Waals surface area (Å²) in [5.41, 5.74) is 1.20. The topological polar surface area (TPSA) is 12.5 Å². The van der Waals surface area contributed by atoms with Gasteiger partial charge in [0.25, 0.3) is 0 Å². The van der Waals surface area contributed by atoms with Crippen molar-refractivity contribution in [2.45, 2.75) is 59.1 Å². The van der Waals surface area contributed by atoms with Gasteiger partial charge in [-0.2, -0.15) is 0 Å². The summed E-state index contributed by atoms with van der Waals surface area (Å²) in [5.74, 6) is 1.01. The molecule has 1 aromatic carbocycles. The standard InChI is InChI=1S/C18H29NO/c1-6-13-19(8-3)16(5)14-17(7-2)20-18-12-10-9-11-15(18)4/h8-12,16-17H,3,6-7,13-14H2,1-2,4-5H3. The molecule has 2 unspecified atom stereocenters. The van der Waals surface area contributed by atoms with Gasteiger partial charge in [-0.25, -0.2) is 0 Å². The van der Waals surface area contributed by atoms with E-state index >= 15 is 0 Å². The van der Waals surface area contributed by atoms with E-state index in [2.05, 4.69) is 51.3 Å². The molecule has 0 aliphatic carbocycles. The summed E-state index contributed by atoms with van der Waals surface area (Å²) in [5, 5.41) is 0. The zero-order chi connectivity index (χ0) is 15.0. The average Bonchev–Trinajstić information content (AvgIpc) is 2.46. The second-order valence-electron chi connectivity index (χ2n) is 5.42. The molecule has 0 aliphatic heterocycles. The van der Waals surface area contributed by atoms with Gasteiger partial charge >= 0.3 is 0 Å². The normalized spacial score (nSPS) is 13.6. The zero-order valence-corrected chi connectivity index (χ0v) is 13.4. The first kappa shape index (κ1) is 16.6. The van der Waals surface area contributed by atoms with Crippen molar-refractivity contribution in [3.8, 4) is 5.75 Å². The molecule has 0 saturated heterocycles. The molecule has 0 bridgehead atoms. The van der Waals surface area contributed by atoms with Gasteiger partial charge in [0.1, 0.15) is 11.9 Å². The SMILES string of the molecule is C=CN(CCC)C(C)CC(CC)Oc1ccccc1C. The van der Waals surface area contributed by atoms with E-state index in [1.807, 2.05) is 18.3 Å². The van der Waals surface area contributed by atoms with Crippen LogP contribution in [0.2, 0.25) is 0 Å². The van der Waals surface area contributed by atoms with Crippen molar-refractivity contribution in [3.05, 3.63) is 42.6 Å². The van der Waals surface area contributed by atoms with E-state index < -0.39 is 0 Å². The highest BCUT2D eigenvalue weighted by Gasteiger charge is 2.17. The van der Waals surface area contributed by atoms with E-state index in [4.69, 9.17) is 4.74 Å². The first-order valence-electron chi connectivity index (χ1n) is 7.72. The molecular formula is C18H29NO. The predicted octanol–water partition coefficient (Wildman–Crippen LogP) is 4.79. The maximum Gasteiger partial charge on any atom is 0.122 e. The number of para-hydroxylation sites is 1. The van der Waals surface area contributed by atoms with Gasteiger partial charge in [-0.3, -0.25) is 0 Å². The minimum atomic E-state index is 0.255. The third kappa shape index (κ3) is 4.92. The lowest BCUT2D eigenvalue weighted by molar-refractivity contribution is 0.144. The number of nitrogens with zero attached hydrogens (tertiary/aromatic N) is 1. The van der Waals surface area contributed by atoms with Gasteiger partial charge in [-0.05, 0) is 44.5 Å². The molecule has 2 nitrogen and oxygen atoms in total. The predicted molar refractivity (Wildman–Crippen MR) is 87.2 cm³/mol. The summed E-state index contributed by atoms with van der Waals surface area (Å²) in [6, 6.07) is 8.69. The Bertz CT molecular complexity index is 402. The fraction of sp³-hybridized carbons (Fsp3) is 0.556. The average molecular weight is 275 g/mol. The van der Waals surface area contributed by atoms with Crippen LogP contribution in [0.5, 0.6) is 5.75 Å². The smallest absolute Gasteiger partial charge is 0.122 e. The van der Waals surface area contributed by atoms with Crippen LogP contribution in [0.3, 0.4) is 0 Å². The van der Waals surface area contributed by atoms with Gasteiger partial charge in [0.05, 0.1) is 0 Å². The number of benzene rings is 1. The molecule has 0 spiro atoms. The highest BCUT2D eigenvalue weighted by Crippen LogP contribution is 2.21. The second-order valence-corrected chi connectivity index (χ2v) is 5.42. The summed E-state index contributed by atoms with van der Waals surface area (Å²) >= 11 is 0. The molecule has 0 N–H and O–H groups in total. The van der Waals surface area contributed by atoms with Crippen LogP contribution in [0.15, 0.2) is 37.0 Å². The van der Waals surface area contributed by atoms with Crippen molar-refractivity contribution in [2.75, 3.05) is 6.54 Å². The lowest BCUT2D eigenvalue weighted by atomic mass is 10.1. The summed E-state index contributed by atoms with van der Waals surface area (Å²) in [7, 11) is 0. The van der Waals surface area contributed by atoms with E-state index in [1.54, 1.807) is 0 Å². The first-order valence-corrected chi connectivity index (χ1v) is 7.72. The van der Waals surface area contributed by atoms with Crippen molar-refractivity contribution in [3.63, 3.8) is 0 Å². The quantitative estimate of drug-likeness (QED) is 0.642. The zero-order valence-electron chi connectivity index (χ0n) is 13.4. The molecule has 0 radical (unpaired) electrons. The molecule has 0 amide bonds. The highest BCUT2D eigenvalue weighted by atomic mass is 16.5. The summed E-state index contributed by atoms with van der Waals surface area (Å²) in [6.45, 7) is 13.7. The Morgan fingerprint density at radius 1 is 1.30 bits per heavy atom. The molecule has 0 fully saturated rings. The monoisotopic (exact) mass is 275 g/mol. The fourth-order valence-corrected chi connectivity index (χ4v) is 2.43. The third-order valence-electron chi connectivity index (χ3n) is 3.73. The molecule has 0 saturated carbocycles. The van der Waals surface area contributed by atoms with Gasteiger partial charge in [0.2, 0.25) is 0 Å². The van der Waals surface area contributed by atoms with Crippen LogP contribution in [0.1, 0.15) is 45.6 Å². The minimum absolute atomic E-state index is 0.255. The molecular weight excluding hydrogens is 246 g/mol. The number of hydrogen-bond acceptors (Lipinski definition) is 2. The van der Waals surface area contributed by atoms with Crippen LogP contribution in [-0.4, -0.2) is 23.6 Å². The van der Waals surface area contributed by atoms with Gasteiger partial charge in [-0.1, -0.05) is 38.6 Å². The van der Waals surface area contributed by atoms with E-state index in [-0.39, 0.29) is 6.10 Å². The van der Waals surface area contributed by atoms with Gasteiger partial charge in [-0.15, -0.1) is 0 Å². The van der Waals surface area contributed by atoms with Crippen molar-refractivity contribution in [2.24, 2.45) is 0 Å². The van der Waals surface area contributed by atoms with Crippen molar-refractivity contribution in [1.29, 1.82) is 0 Å². The largest absolute Gasteiger partial charge is 0.490 e. The van der Waals surface area contributed by atoms with Crippen molar-refractivity contribution in [1.82, 2.24) is 4.90 Å². The fourth-order valence-electron chi connectivity index (χ4n) is 2.43. The molecule has 20 heavy (non-hydrogen) atoms. The Labute approximate surface area is 124 Å². The molecule has 0 aromatic heterocycles. The van der Waals surface area contributed by atoms with Crippen LogP contribution >= 0.6 is 0 Å². The van der Waals surface area contributed by atoms with Crippen LogP contribution in [-0.2, 0) is 0 Å². The molecule has 0 heterocycles. The number of aryl methyl sites for hydroxylation is 1. The van der Waals surface area contributed by atoms with E-state index in [0.29, 0.717) is 6.04 Å². The van der Waals surface area contributed by atoms with Crippen LogP contribution in [0.25, 0.3) is 0 Å². The van der Waals surface area contributed by atoms with Gasteiger partial charge in [0.15, 0.2) is 0 Å². The Hall–Kier alpha value is -1.44. The lowest BCUT2D eigenvalue weighted by Crippen LogP contribution is -2.33. The number of rotatable bonds is 9. The van der Waals surface area contributed by atoms with E-state index in [9.17, 15) is 0 Å². The summed E-state index contributed by atoms with van der Waals surface area (Å²) in [6.07, 6.45) is 5.40. The third-order valence-corrected chi connectivity index (χ3v) is 3.73. The lowest BCUT2D eigenvalue weighted by Gasteiger charge is -2.30. The molecule has 112 valence electrons. The van der Waals surface area contributed by atoms with Crippen LogP contribution < -0.4 is 4.74 Å². The number of hydrogen-bond donors (Lipinski definition) is 0. The second kappa shape index (κ2) is 8.68. The molecule has 1 rings (SSSR count). The molecule has 2 atom stereocenters. The Balaban J connectivity index is 2.63. The first-order chi connectivity index (χ1) is 9.62. The Morgan fingerprint density at radius 2 is 2.00 bits per heavy atom. The minimum Gasteiger partial charge on any atom is -0.490 e. The van der Waals surface area contributed by atoms with Crippen molar-refractivity contribution < 1.29 is 4.74 Å². The molecule has 1 aromatic rings. The van der Waals surface area contributed by atoms with Crippen molar-refractivity contribution >= 4 is 0 Å². The maximum atomic E-state index is 6.18. The number of ether oxygens (including phenoxy) is 1. The van der Waals surface area contributed by atoms with E-state index in [1.165, 1.54) is 5.56 Å². The van der Waals surface area contributed by atoms with E-state index in [0.717, 1.165) is 31.6 Å². The Morgan fingerprint density at radius 3 is 2.55 bits per heavy atom. The highest BCUT2D eigenvalue weighted by molar-refractivity contribution is 5.31. The summed E-state index contributed by atoms with van der Waals surface area (Å²) in [4.78, 5) is 2.31. The van der Waals surface area contributed by atoms with Gasteiger partial charge < -0.3 is 9.64 Å². The Kier molecular flexibility index (Phi) is 7.21. The van der Waals surface area contributed by atoms with Crippen LogP contribution in [0, 0.1) is 6.92 Å². The maximum absolute atomic E-state index is 6.18. The van der Waals surface area contributed by atoms with Crippen LogP contribution in [0.4, 0.5) is 0 Å². The van der Waals surface area contributed by atoms with Gasteiger partial charge in [0, 0.05) is 19.0 Å². The molecule has 0 aliphatic rings.